The maximum absolute atomic E-state index is 14.3. The molecule has 1 atom stereocenters. The van der Waals surface area contributed by atoms with Crippen molar-refractivity contribution in [3.63, 3.8) is 0 Å². The summed E-state index contributed by atoms with van der Waals surface area (Å²) in [4.78, 5) is 35.0. The van der Waals surface area contributed by atoms with Gasteiger partial charge in [0.05, 0.1) is 40.7 Å². The third-order valence-electron chi connectivity index (χ3n) is 5.84. The molecule has 3 aromatic rings. The zero-order valence-electron chi connectivity index (χ0n) is 17.2. The SMILES string of the molecule is CN1CCC(c2ccc(Nc3cc(-c4c(F)cccc4F)nc4c3C(=O)NC4)nc2)C1=O. The number of nitrogens with one attached hydrogen (secondary N) is 2. The number of benzene rings is 1. The summed E-state index contributed by atoms with van der Waals surface area (Å²) < 4.78 is 28.7. The molecule has 32 heavy (non-hydrogen) atoms. The van der Waals surface area contributed by atoms with Crippen molar-refractivity contribution in [2.45, 2.75) is 18.9 Å². The maximum Gasteiger partial charge on any atom is 0.255 e. The number of halogens is 2. The Balaban J connectivity index is 1.50. The molecule has 2 aliphatic rings. The van der Waals surface area contributed by atoms with Crippen molar-refractivity contribution in [2.24, 2.45) is 0 Å². The molecule has 0 aliphatic carbocycles. The van der Waals surface area contributed by atoms with E-state index in [4.69, 9.17) is 0 Å². The van der Waals surface area contributed by atoms with E-state index in [1.54, 1.807) is 24.2 Å². The highest BCUT2D eigenvalue weighted by Crippen LogP contribution is 2.33. The molecular weight excluding hydrogens is 416 g/mol. The topological polar surface area (TPSA) is 87.2 Å². The van der Waals surface area contributed by atoms with Crippen LogP contribution in [0, 0.1) is 11.6 Å². The van der Waals surface area contributed by atoms with Crippen LogP contribution in [0.4, 0.5) is 20.3 Å². The van der Waals surface area contributed by atoms with Gasteiger partial charge in [-0.05, 0) is 36.2 Å². The monoisotopic (exact) mass is 435 g/mol. The van der Waals surface area contributed by atoms with Gasteiger partial charge >= 0.3 is 0 Å². The molecule has 7 nitrogen and oxygen atoms in total. The van der Waals surface area contributed by atoms with Crippen LogP contribution >= 0.6 is 0 Å². The molecule has 2 N–H and O–H groups in total. The van der Waals surface area contributed by atoms with Crippen LogP contribution in [0.15, 0.2) is 42.6 Å². The first-order chi connectivity index (χ1) is 15.4. The second-order valence-corrected chi connectivity index (χ2v) is 7.86. The lowest BCUT2D eigenvalue weighted by molar-refractivity contribution is -0.127. The maximum atomic E-state index is 14.3. The number of likely N-dealkylation sites (N-methyl/N-ethyl adjacent to an activating group) is 1. The highest BCUT2D eigenvalue weighted by molar-refractivity contribution is 6.04. The molecule has 2 aliphatic heterocycles. The molecule has 162 valence electrons. The van der Waals surface area contributed by atoms with Crippen molar-refractivity contribution in [1.29, 1.82) is 0 Å². The summed E-state index contributed by atoms with van der Waals surface area (Å²) in [6.07, 6.45) is 2.36. The molecule has 1 unspecified atom stereocenters. The molecule has 2 amide bonds. The van der Waals surface area contributed by atoms with Gasteiger partial charge in [-0.1, -0.05) is 12.1 Å². The molecule has 0 radical (unpaired) electrons. The average Bonchev–Trinajstić information content (AvgIpc) is 3.31. The summed E-state index contributed by atoms with van der Waals surface area (Å²) in [6.45, 7) is 0.869. The first kappa shape index (κ1) is 20.0. The lowest BCUT2D eigenvalue weighted by Gasteiger charge is -2.14. The van der Waals surface area contributed by atoms with E-state index in [1.807, 2.05) is 6.07 Å². The molecule has 5 rings (SSSR count). The van der Waals surface area contributed by atoms with Gasteiger partial charge in [-0.25, -0.2) is 18.7 Å². The van der Waals surface area contributed by atoms with Crippen LogP contribution in [0.5, 0.6) is 0 Å². The fourth-order valence-electron chi connectivity index (χ4n) is 4.16. The van der Waals surface area contributed by atoms with Gasteiger partial charge in [0.1, 0.15) is 17.5 Å². The summed E-state index contributed by atoms with van der Waals surface area (Å²) in [7, 11) is 1.77. The summed E-state index contributed by atoms with van der Waals surface area (Å²) in [5.41, 5.74) is 1.69. The molecule has 0 bridgehead atoms. The second kappa shape index (κ2) is 7.67. The Morgan fingerprint density at radius 2 is 1.91 bits per heavy atom. The van der Waals surface area contributed by atoms with E-state index in [9.17, 15) is 18.4 Å². The molecule has 0 spiro atoms. The van der Waals surface area contributed by atoms with Gasteiger partial charge in [0, 0.05) is 19.8 Å². The molecule has 1 aromatic carbocycles. The number of amides is 2. The van der Waals surface area contributed by atoms with Crippen LogP contribution in [0.25, 0.3) is 11.3 Å². The van der Waals surface area contributed by atoms with Gasteiger partial charge in [0.2, 0.25) is 5.91 Å². The Bertz CT molecular complexity index is 1230. The van der Waals surface area contributed by atoms with E-state index in [1.165, 1.54) is 12.1 Å². The number of rotatable bonds is 4. The Kier molecular flexibility index (Phi) is 4.80. The molecule has 0 saturated carbocycles. The van der Waals surface area contributed by atoms with Crippen LogP contribution < -0.4 is 10.6 Å². The summed E-state index contributed by atoms with van der Waals surface area (Å²) >= 11 is 0. The molecule has 2 aromatic heterocycles. The number of carbonyl (C=O) groups is 2. The minimum Gasteiger partial charge on any atom is -0.346 e. The van der Waals surface area contributed by atoms with Gasteiger partial charge in [-0.2, -0.15) is 0 Å². The zero-order chi connectivity index (χ0) is 22.4. The highest BCUT2D eigenvalue weighted by atomic mass is 19.1. The van der Waals surface area contributed by atoms with Crippen LogP contribution in [-0.4, -0.2) is 40.3 Å². The Morgan fingerprint density at radius 1 is 1.12 bits per heavy atom. The Hall–Kier alpha value is -3.88. The number of carbonyl (C=O) groups excluding carboxylic acids is 2. The minimum absolute atomic E-state index is 0.0627. The quantitative estimate of drug-likeness (QED) is 0.656. The van der Waals surface area contributed by atoms with E-state index in [0.717, 1.165) is 24.1 Å². The predicted octanol–water partition coefficient (Wildman–Crippen LogP) is 3.35. The largest absolute Gasteiger partial charge is 0.346 e. The van der Waals surface area contributed by atoms with Crippen molar-refractivity contribution in [3.05, 3.63) is 71.1 Å². The van der Waals surface area contributed by atoms with Crippen molar-refractivity contribution in [2.75, 3.05) is 18.9 Å². The number of nitrogens with zero attached hydrogens (tertiary/aromatic N) is 3. The van der Waals surface area contributed by atoms with E-state index in [0.29, 0.717) is 29.3 Å². The summed E-state index contributed by atoms with van der Waals surface area (Å²) in [6, 6.07) is 8.57. The second-order valence-electron chi connectivity index (χ2n) is 7.86. The third kappa shape index (κ3) is 3.35. The molecule has 9 heteroatoms. The number of anilines is 2. The third-order valence-corrected chi connectivity index (χ3v) is 5.84. The summed E-state index contributed by atoms with van der Waals surface area (Å²) in [5.74, 6) is -1.53. The van der Waals surface area contributed by atoms with Crippen LogP contribution in [-0.2, 0) is 11.3 Å². The van der Waals surface area contributed by atoms with E-state index >= 15 is 0 Å². The first-order valence-corrected chi connectivity index (χ1v) is 10.2. The number of pyridine rings is 2. The average molecular weight is 435 g/mol. The predicted molar refractivity (Wildman–Crippen MR) is 113 cm³/mol. The van der Waals surface area contributed by atoms with Crippen molar-refractivity contribution in [3.8, 4) is 11.3 Å². The van der Waals surface area contributed by atoms with Crippen LogP contribution in [0.1, 0.15) is 34.0 Å². The number of hydrogen-bond acceptors (Lipinski definition) is 5. The van der Waals surface area contributed by atoms with Crippen LogP contribution in [0.3, 0.4) is 0 Å². The van der Waals surface area contributed by atoms with Gasteiger partial charge in [0.25, 0.3) is 5.91 Å². The van der Waals surface area contributed by atoms with Gasteiger partial charge in [0.15, 0.2) is 0 Å². The fourth-order valence-corrected chi connectivity index (χ4v) is 4.16. The molecule has 1 saturated heterocycles. The Morgan fingerprint density at radius 3 is 2.56 bits per heavy atom. The Labute approximate surface area is 182 Å². The van der Waals surface area contributed by atoms with E-state index in [2.05, 4.69) is 20.6 Å². The molecule has 1 fully saturated rings. The summed E-state index contributed by atoms with van der Waals surface area (Å²) in [5, 5.41) is 5.75. The molecular formula is C23H19F2N5O2. The minimum atomic E-state index is -0.741. The van der Waals surface area contributed by atoms with Crippen LogP contribution in [0.2, 0.25) is 0 Å². The smallest absolute Gasteiger partial charge is 0.255 e. The van der Waals surface area contributed by atoms with Gasteiger partial charge < -0.3 is 15.5 Å². The lowest BCUT2D eigenvalue weighted by atomic mass is 10.00. The van der Waals surface area contributed by atoms with Gasteiger partial charge in [-0.3, -0.25) is 9.59 Å². The van der Waals surface area contributed by atoms with Crippen molar-refractivity contribution in [1.82, 2.24) is 20.2 Å². The standard InChI is InChI=1S/C23H19F2N5O2/c1-30-8-7-13(23(30)32)12-5-6-19(26-10-12)29-17-9-16(20-14(24)3-2-4-15(20)25)28-18-11-27-22(31)21(17)18/h2-6,9-10,13H,7-8,11H2,1H3,(H,27,31)(H,26,28,29). The van der Waals surface area contributed by atoms with E-state index in [-0.39, 0.29) is 35.5 Å². The number of fused-ring (bicyclic) bond motifs is 1. The highest BCUT2D eigenvalue weighted by Gasteiger charge is 2.31. The molecule has 4 heterocycles. The van der Waals surface area contributed by atoms with Crippen molar-refractivity contribution < 1.29 is 18.4 Å². The first-order valence-electron chi connectivity index (χ1n) is 10.2. The number of hydrogen-bond donors (Lipinski definition) is 2. The fraction of sp³-hybridized carbons (Fsp3) is 0.217. The zero-order valence-corrected chi connectivity index (χ0v) is 17.2. The lowest BCUT2D eigenvalue weighted by Crippen LogP contribution is -2.21. The van der Waals surface area contributed by atoms with Gasteiger partial charge in [-0.15, -0.1) is 0 Å². The number of aromatic nitrogens is 2. The van der Waals surface area contributed by atoms with E-state index < -0.39 is 11.6 Å². The number of likely N-dealkylation sites (tertiary alicyclic amines) is 1. The van der Waals surface area contributed by atoms with Crippen molar-refractivity contribution >= 4 is 23.3 Å². The normalized spacial score (nSPS) is 17.5.